The zero-order chi connectivity index (χ0) is 4.99. The second kappa shape index (κ2) is 3.22. The minimum Gasteiger partial charge on any atom is -0.328 e. The molecule has 0 rings (SSSR count). The zero-order valence-corrected chi connectivity index (χ0v) is 4.57. The maximum Gasteiger partial charge on any atom is 0.103 e. The summed E-state index contributed by atoms with van der Waals surface area (Å²) < 4.78 is 0. The van der Waals surface area contributed by atoms with E-state index in [2.05, 4.69) is 14.8 Å². The molecule has 0 aromatic heterocycles. The van der Waals surface area contributed by atoms with Crippen LogP contribution in [-0.2, 0) is 0 Å². The lowest BCUT2D eigenvalue weighted by atomic mass is 9.97. The van der Waals surface area contributed by atoms with Crippen molar-refractivity contribution in [3.63, 3.8) is 0 Å². The van der Waals surface area contributed by atoms with Crippen LogP contribution in [0.1, 0.15) is 13.3 Å². The van der Waals surface area contributed by atoms with E-state index in [-0.39, 0.29) is 0 Å². The van der Waals surface area contributed by atoms with Gasteiger partial charge < -0.3 is 5.73 Å². The molecule has 0 aliphatic rings. The van der Waals surface area contributed by atoms with Crippen molar-refractivity contribution in [3.05, 3.63) is 0 Å². The summed E-state index contributed by atoms with van der Waals surface area (Å²) in [6.07, 6.45) is 2.22. The first-order chi connectivity index (χ1) is 2.81. The Bertz CT molecular complexity index is 26.7. The molecule has 0 aliphatic carbocycles. The van der Waals surface area contributed by atoms with Crippen LogP contribution in [0.25, 0.3) is 0 Å². The highest BCUT2D eigenvalue weighted by Gasteiger charge is 1.88. The van der Waals surface area contributed by atoms with Gasteiger partial charge in [0.25, 0.3) is 0 Å². The fourth-order valence-electron chi connectivity index (χ4n) is 0.289. The van der Waals surface area contributed by atoms with Crippen LogP contribution in [0.2, 0.25) is 6.32 Å². The van der Waals surface area contributed by atoms with Crippen molar-refractivity contribution in [1.29, 1.82) is 0 Å². The van der Waals surface area contributed by atoms with Gasteiger partial charge in [-0.2, -0.15) is 0 Å². The molecule has 2 heteroatoms. The van der Waals surface area contributed by atoms with Crippen LogP contribution in [0.3, 0.4) is 0 Å². The molecule has 36 valence electrons. The van der Waals surface area contributed by atoms with Crippen LogP contribution >= 0.6 is 0 Å². The van der Waals surface area contributed by atoms with E-state index in [0.717, 1.165) is 12.7 Å². The van der Waals surface area contributed by atoms with Crippen molar-refractivity contribution in [2.45, 2.75) is 25.7 Å². The van der Waals surface area contributed by atoms with E-state index >= 15 is 0 Å². The molecule has 0 fully saturated rings. The van der Waals surface area contributed by atoms with E-state index in [1.807, 2.05) is 0 Å². The monoisotopic (exact) mass is 85.1 g/mol. The van der Waals surface area contributed by atoms with Crippen molar-refractivity contribution in [3.8, 4) is 0 Å². The standard InChI is InChI=1S/C4H12BN/c1-2-4(6)3-5/h4H,2-3,5-6H2,1H3/t4-/m0/s1. The number of nitrogens with two attached hydrogens (primary N) is 1. The van der Waals surface area contributed by atoms with Crippen LogP contribution < -0.4 is 5.73 Å². The minimum absolute atomic E-state index is 0.435. The first-order valence-electron chi connectivity index (χ1n) is 2.56. The molecule has 1 nitrogen and oxygen atoms in total. The Labute approximate surface area is 40.3 Å². The maximum atomic E-state index is 5.47. The van der Waals surface area contributed by atoms with Crippen molar-refractivity contribution in [2.75, 3.05) is 0 Å². The van der Waals surface area contributed by atoms with Gasteiger partial charge in [-0.25, -0.2) is 0 Å². The Balaban J connectivity index is 2.75. The van der Waals surface area contributed by atoms with E-state index < -0.39 is 0 Å². The van der Waals surface area contributed by atoms with Crippen molar-refractivity contribution in [2.24, 2.45) is 5.73 Å². The first kappa shape index (κ1) is 6.02. The highest BCUT2D eigenvalue weighted by atomic mass is 14.6. The predicted octanol–water partition coefficient (Wildman–Crippen LogP) is -0.225. The second-order valence-electron chi connectivity index (χ2n) is 1.58. The summed E-state index contributed by atoms with van der Waals surface area (Å²) in [6.45, 7) is 2.11. The fraction of sp³-hybridized carbons (Fsp3) is 1.00. The van der Waals surface area contributed by atoms with Crippen LogP contribution in [0.5, 0.6) is 0 Å². The quantitative estimate of drug-likeness (QED) is 0.460. The molecule has 0 bridgehead atoms. The Kier molecular flexibility index (Phi) is 3.24. The largest absolute Gasteiger partial charge is 0.328 e. The molecule has 0 spiro atoms. The average Bonchev–Trinajstić information content (AvgIpc) is 1.65. The van der Waals surface area contributed by atoms with Gasteiger partial charge in [-0.3, -0.25) is 0 Å². The molecule has 0 aliphatic heterocycles. The molecule has 0 heterocycles. The van der Waals surface area contributed by atoms with Crippen molar-refractivity contribution >= 4 is 7.85 Å². The molecule has 2 N–H and O–H groups in total. The second-order valence-corrected chi connectivity index (χ2v) is 1.58. The lowest BCUT2D eigenvalue weighted by Crippen LogP contribution is -2.16. The average molecular weight is 85.0 g/mol. The fourth-order valence-corrected chi connectivity index (χ4v) is 0.289. The highest BCUT2D eigenvalue weighted by molar-refractivity contribution is 6.08. The van der Waals surface area contributed by atoms with Gasteiger partial charge in [0.2, 0.25) is 0 Å². The molecular formula is C4H12BN. The van der Waals surface area contributed by atoms with E-state index in [1.54, 1.807) is 0 Å². The lowest BCUT2D eigenvalue weighted by molar-refractivity contribution is 0.714. The summed E-state index contributed by atoms with van der Waals surface area (Å²) in [4.78, 5) is 0. The Morgan fingerprint density at radius 1 is 1.83 bits per heavy atom. The summed E-state index contributed by atoms with van der Waals surface area (Å²) in [5, 5.41) is 0. The molecule has 0 saturated heterocycles. The van der Waals surface area contributed by atoms with Gasteiger partial charge in [-0.05, 0) is 12.5 Å². The first-order valence-corrected chi connectivity index (χ1v) is 2.56. The normalized spacial score (nSPS) is 14.3. The predicted molar refractivity (Wildman–Crippen MR) is 31.6 cm³/mol. The van der Waals surface area contributed by atoms with E-state index in [9.17, 15) is 0 Å². The zero-order valence-electron chi connectivity index (χ0n) is 4.57. The molecule has 1 atom stereocenters. The van der Waals surface area contributed by atoms with Gasteiger partial charge in [0.15, 0.2) is 0 Å². The Morgan fingerprint density at radius 3 is 2.33 bits per heavy atom. The molecule has 0 amide bonds. The lowest BCUT2D eigenvalue weighted by Gasteiger charge is -1.99. The van der Waals surface area contributed by atoms with Crippen LogP contribution in [0.4, 0.5) is 0 Å². The Hall–Kier alpha value is 0.0249. The number of hydrogen-bond donors (Lipinski definition) is 1. The topological polar surface area (TPSA) is 26.0 Å². The Morgan fingerprint density at radius 2 is 2.33 bits per heavy atom. The van der Waals surface area contributed by atoms with E-state index in [0.29, 0.717) is 6.04 Å². The summed E-state index contributed by atoms with van der Waals surface area (Å²) in [6, 6.07) is 0.435. The van der Waals surface area contributed by atoms with Crippen LogP contribution in [0, 0.1) is 0 Å². The van der Waals surface area contributed by atoms with Crippen LogP contribution in [0.15, 0.2) is 0 Å². The highest BCUT2D eigenvalue weighted by Crippen LogP contribution is 1.86. The van der Waals surface area contributed by atoms with Gasteiger partial charge in [0.1, 0.15) is 7.85 Å². The third-order valence-electron chi connectivity index (χ3n) is 1.05. The van der Waals surface area contributed by atoms with Crippen LogP contribution in [-0.4, -0.2) is 13.9 Å². The summed E-state index contributed by atoms with van der Waals surface area (Å²) in [7, 11) is 2.11. The SMILES string of the molecule is BC[C@@H](N)CC. The third kappa shape index (κ3) is 2.27. The number of rotatable bonds is 2. The van der Waals surface area contributed by atoms with Crippen molar-refractivity contribution < 1.29 is 0 Å². The van der Waals surface area contributed by atoms with E-state index in [4.69, 9.17) is 5.73 Å². The van der Waals surface area contributed by atoms with Gasteiger partial charge in [-0.1, -0.05) is 13.2 Å². The molecular weight excluding hydrogens is 72.9 g/mol. The molecule has 0 saturated carbocycles. The number of hydrogen-bond acceptors (Lipinski definition) is 1. The smallest absolute Gasteiger partial charge is 0.103 e. The summed E-state index contributed by atoms with van der Waals surface area (Å²) in [5.74, 6) is 0. The molecule has 0 aromatic rings. The van der Waals surface area contributed by atoms with Gasteiger partial charge in [0.05, 0.1) is 0 Å². The van der Waals surface area contributed by atoms with Gasteiger partial charge in [-0.15, -0.1) is 0 Å². The van der Waals surface area contributed by atoms with Gasteiger partial charge >= 0.3 is 0 Å². The maximum absolute atomic E-state index is 5.47. The summed E-state index contributed by atoms with van der Waals surface area (Å²) in [5.41, 5.74) is 5.47. The van der Waals surface area contributed by atoms with E-state index in [1.165, 1.54) is 0 Å². The molecule has 0 unspecified atom stereocenters. The summed E-state index contributed by atoms with van der Waals surface area (Å²) >= 11 is 0. The minimum atomic E-state index is 0.435. The van der Waals surface area contributed by atoms with Crippen molar-refractivity contribution in [1.82, 2.24) is 0 Å². The van der Waals surface area contributed by atoms with Gasteiger partial charge in [0, 0.05) is 0 Å². The molecule has 0 aromatic carbocycles. The molecule has 0 radical (unpaired) electrons. The third-order valence-corrected chi connectivity index (χ3v) is 1.05. The molecule has 6 heavy (non-hydrogen) atoms.